The molecule has 6 aromatic carbocycles. The minimum Gasteiger partial charge on any atom is -0.309 e. The van der Waals surface area contributed by atoms with Gasteiger partial charge in [-0.1, -0.05) is 48.5 Å². The molecule has 198 valence electrons. The molecule has 4 nitrogen and oxygen atoms in total. The summed E-state index contributed by atoms with van der Waals surface area (Å²) in [6.07, 6.45) is 0. The normalized spacial score (nSPS) is 11.7. The summed E-state index contributed by atoms with van der Waals surface area (Å²) in [5, 5.41) is 26.4. The Bertz CT molecular complexity index is 2580. The first kappa shape index (κ1) is 23.8. The Morgan fingerprint density at radius 2 is 0.860 bits per heavy atom. The lowest BCUT2D eigenvalue weighted by Crippen LogP contribution is -1.94. The van der Waals surface area contributed by atoms with E-state index in [4.69, 9.17) is 0 Å². The molecular formula is C38H20N4S. The van der Waals surface area contributed by atoms with Gasteiger partial charge in [-0.25, -0.2) is 0 Å². The molecule has 43 heavy (non-hydrogen) atoms. The van der Waals surface area contributed by atoms with Crippen molar-refractivity contribution in [3.63, 3.8) is 0 Å². The maximum absolute atomic E-state index is 9.68. The molecule has 0 atom stereocenters. The number of aromatic nitrogens is 2. The summed E-state index contributed by atoms with van der Waals surface area (Å²) in [7, 11) is 0. The summed E-state index contributed by atoms with van der Waals surface area (Å²) >= 11 is 1.80. The van der Waals surface area contributed by atoms with Crippen LogP contribution in [0.3, 0.4) is 0 Å². The molecule has 0 unspecified atom stereocenters. The third-order valence-corrected chi connectivity index (χ3v) is 9.71. The van der Waals surface area contributed by atoms with Gasteiger partial charge in [0.1, 0.15) is 0 Å². The predicted octanol–water partition coefficient (Wildman–Crippen LogP) is 9.99. The van der Waals surface area contributed by atoms with Crippen LogP contribution in [0.25, 0.3) is 75.2 Å². The summed E-state index contributed by atoms with van der Waals surface area (Å²) in [5.74, 6) is 0. The molecule has 5 heteroatoms. The number of para-hydroxylation sites is 2. The van der Waals surface area contributed by atoms with Crippen molar-refractivity contribution >= 4 is 75.1 Å². The molecule has 9 aromatic rings. The maximum atomic E-state index is 9.68. The third-order valence-electron chi connectivity index (χ3n) is 8.56. The van der Waals surface area contributed by atoms with Gasteiger partial charge in [0.25, 0.3) is 0 Å². The van der Waals surface area contributed by atoms with Crippen LogP contribution in [0.1, 0.15) is 11.1 Å². The second-order valence-electron chi connectivity index (χ2n) is 10.9. The van der Waals surface area contributed by atoms with Crippen molar-refractivity contribution in [2.75, 3.05) is 0 Å². The number of hydrogen-bond donors (Lipinski definition) is 0. The number of thiophene rings is 1. The first-order chi connectivity index (χ1) is 21.2. The van der Waals surface area contributed by atoms with E-state index in [1.165, 1.54) is 42.0 Å². The van der Waals surface area contributed by atoms with Gasteiger partial charge in [0.2, 0.25) is 0 Å². The molecule has 0 aliphatic rings. The van der Waals surface area contributed by atoms with Gasteiger partial charge in [-0.15, -0.1) is 11.3 Å². The fourth-order valence-electron chi connectivity index (χ4n) is 6.67. The zero-order valence-electron chi connectivity index (χ0n) is 22.7. The van der Waals surface area contributed by atoms with Crippen molar-refractivity contribution in [2.24, 2.45) is 0 Å². The molecule has 0 amide bonds. The second kappa shape index (κ2) is 8.81. The average Bonchev–Trinajstić information content (AvgIpc) is 3.70. The number of benzene rings is 6. The SMILES string of the molecule is N#Cc1ccc2c3ccc(C#N)cc3n(-c3ccc4sc5ccc(-n6c7ccccc7c7ccccc76)cc5c4c3)c2c1. The fraction of sp³-hybridized carbons (Fsp3) is 0. The topological polar surface area (TPSA) is 57.4 Å². The van der Waals surface area contributed by atoms with Gasteiger partial charge in [-0.2, -0.15) is 10.5 Å². The van der Waals surface area contributed by atoms with Gasteiger partial charge < -0.3 is 9.13 Å². The van der Waals surface area contributed by atoms with Crippen molar-refractivity contribution in [1.82, 2.24) is 9.13 Å². The van der Waals surface area contributed by atoms with E-state index in [1.807, 2.05) is 36.4 Å². The van der Waals surface area contributed by atoms with E-state index in [0.29, 0.717) is 11.1 Å². The van der Waals surface area contributed by atoms with Crippen LogP contribution in [-0.4, -0.2) is 9.13 Å². The molecule has 0 spiro atoms. The lowest BCUT2D eigenvalue weighted by atomic mass is 10.1. The van der Waals surface area contributed by atoms with E-state index in [9.17, 15) is 10.5 Å². The minimum atomic E-state index is 0.606. The van der Waals surface area contributed by atoms with E-state index in [0.717, 1.165) is 33.2 Å². The molecule has 0 aliphatic heterocycles. The molecule has 0 saturated heterocycles. The molecule has 0 radical (unpaired) electrons. The average molecular weight is 565 g/mol. The van der Waals surface area contributed by atoms with Crippen molar-refractivity contribution in [3.8, 4) is 23.5 Å². The Balaban J connectivity index is 1.33. The molecule has 0 fully saturated rings. The van der Waals surface area contributed by atoms with Crippen LogP contribution in [0.5, 0.6) is 0 Å². The van der Waals surface area contributed by atoms with Crippen molar-refractivity contribution in [1.29, 1.82) is 10.5 Å². The first-order valence-electron chi connectivity index (χ1n) is 14.1. The molecule has 3 aromatic heterocycles. The summed E-state index contributed by atoms with van der Waals surface area (Å²) in [6, 6.07) is 46.7. The Labute approximate surface area is 250 Å². The molecule has 0 bridgehead atoms. The number of hydrogen-bond acceptors (Lipinski definition) is 3. The Morgan fingerprint density at radius 3 is 1.35 bits per heavy atom. The third kappa shape index (κ3) is 3.35. The van der Waals surface area contributed by atoms with Gasteiger partial charge in [0.15, 0.2) is 0 Å². The Kier molecular flexibility index (Phi) is 4.87. The summed E-state index contributed by atoms with van der Waals surface area (Å²) in [6.45, 7) is 0. The molecular weight excluding hydrogens is 545 g/mol. The van der Waals surface area contributed by atoms with Crippen LogP contribution >= 0.6 is 11.3 Å². The smallest absolute Gasteiger partial charge is 0.0992 e. The van der Waals surface area contributed by atoms with E-state index >= 15 is 0 Å². The summed E-state index contributed by atoms with van der Waals surface area (Å²) in [4.78, 5) is 0. The quantitative estimate of drug-likeness (QED) is 0.210. The molecule has 9 rings (SSSR count). The standard InChI is InChI=1S/C38H20N4S/c39-21-23-9-13-29-30-14-10-24(22-40)18-36(30)42(35(29)17-23)26-12-16-38-32(20-26)31-19-25(11-15-37(31)43-38)41-33-7-3-1-5-27(33)28-6-2-4-8-34(28)41/h1-20H. The highest BCUT2D eigenvalue weighted by atomic mass is 32.1. The highest BCUT2D eigenvalue weighted by Gasteiger charge is 2.17. The van der Waals surface area contributed by atoms with Crippen molar-refractivity contribution in [2.45, 2.75) is 0 Å². The molecule has 0 saturated carbocycles. The molecule has 0 N–H and O–H groups in total. The Morgan fingerprint density at radius 1 is 0.419 bits per heavy atom. The van der Waals surface area contributed by atoms with Crippen LogP contribution < -0.4 is 0 Å². The lowest BCUT2D eigenvalue weighted by Gasteiger charge is -2.10. The van der Waals surface area contributed by atoms with Crippen molar-refractivity contribution in [3.05, 3.63) is 132 Å². The minimum absolute atomic E-state index is 0.606. The zero-order valence-corrected chi connectivity index (χ0v) is 23.6. The van der Waals surface area contributed by atoms with Crippen LogP contribution in [0, 0.1) is 22.7 Å². The number of rotatable bonds is 2. The largest absolute Gasteiger partial charge is 0.309 e. The Hall–Kier alpha value is -5.88. The van der Waals surface area contributed by atoms with Gasteiger partial charge in [0, 0.05) is 53.1 Å². The fourth-order valence-corrected chi connectivity index (χ4v) is 7.73. The van der Waals surface area contributed by atoms with Crippen LogP contribution in [0.2, 0.25) is 0 Å². The summed E-state index contributed by atoms with van der Waals surface area (Å²) in [5.41, 5.74) is 7.63. The molecule has 0 aliphatic carbocycles. The number of fused-ring (bicyclic) bond motifs is 9. The number of nitriles is 2. The van der Waals surface area contributed by atoms with E-state index in [1.54, 1.807) is 11.3 Å². The van der Waals surface area contributed by atoms with Crippen molar-refractivity contribution < 1.29 is 0 Å². The maximum Gasteiger partial charge on any atom is 0.0992 e. The first-order valence-corrected chi connectivity index (χ1v) is 14.9. The van der Waals surface area contributed by atoms with E-state index < -0.39 is 0 Å². The van der Waals surface area contributed by atoms with E-state index in [-0.39, 0.29) is 0 Å². The van der Waals surface area contributed by atoms with E-state index in [2.05, 4.69) is 106 Å². The number of nitrogens with zero attached hydrogens (tertiary/aromatic N) is 4. The lowest BCUT2D eigenvalue weighted by molar-refractivity contribution is 1.18. The molecule has 3 heterocycles. The second-order valence-corrected chi connectivity index (χ2v) is 11.9. The van der Waals surface area contributed by atoms with Gasteiger partial charge in [-0.05, 0) is 72.8 Å². The monoisotopic (exact) mass is 564 g/mol. The van der Waals surface area contributed by atoms with Crippen LogP contribution in [-0.2, 0) is 0 Å². The van der Waals surface area contributed by atoms with Gasteiger partial charge >= 0.3 is 0 Å². The predicted molar refractivity (Wildman–Crippen MR) is 177 cm³/mol. The highest BCUT2D eigenvalue weighted by molar-refractivity contribution is 7.25. The van der Waals surface area contributed by atoms with Gasteiger partial charge in [-0.3, -0.25) is 0 Å². The highest BCUT2D eigenvalue weighted by Crippen LogP contribution is 2.40. The summed E-state index contributed by atoms with van der Waals surface area (Å²) < 4.78 is 7.00. The zero-order chi connectivity index (χ0) is 28.7. The van der Waals surface area contributed by atoms with Gasteiger partial charge in [0.05, 0.1) is 45.3 Å². The van der Waals surface area contributed by atoms with Crippen LogP contribution in [0.4, 0.5) is 0 Å². The van der Waals surface area contributed by atoms with Crippen LogP contribution in [0.15, 0.2) is 121 Å².